The molecule has 0 aliphatic carbocycles. The molecule has 2 N–H and O–H groups in total. The fourth-order valence-electron chi connectivity index (χ4n) is 1.91. The Morgan fingerprint density at radius 2 is 1.63 bits per heavy atom. The van der Waals surface area contributed by atoms with Gasteiger partial charge in [-0.05, 0) is 30.2 Å². The van der Waals surface area contributed by atoms with Gasteiger partial charge in [-0.15, -0.1) is 0 Å². The topological polar surface area (TPSA) is 52.3 Å². The Hall–Kier alpha value is -2.29. The summed E-state index contributed by atoms with van der Waals surface area (Å²) in [5.74, 6) is 0.391. The number of benzene rings is 2. The standard InChI is InChI=1S/C16H17NO2/c1-12(11-16(17)18)19-15-9-7-14(8-10-15)13-5-3-2-4-6-13/h2-10,12H,11H2,1H3,(H2,17,18). The molecule has 19 heavy (non-hydrogen) atoms. The van der Waals surface area contributed by atoms with Gasteiger partial charge in [0.15, 0.2) is 0 Å². The van der Waals surface area contributed by atoms with Crippen LogP contribution in [0.15, 0.2) is 54.6 Å². The van der Waals surface area contributed by atoms with Crippen LogP contribution in [-0.4, -0.2) is 12.0 Å². The molecule has 0 radical (unpaired) electrons. The van der Waals surface area contributed by atoms with Crippen molar-refractivity contribution in [2.75, 3.05) is 0 Å². The summed E-state index contributed by atoms with van der Waals surface area (Å²) in [6.45, 7) is 1.83. The summed E-state index contributed by atoms with van der Waals surface area (Å²) in [7, 11) is 0. The Kier molecular flexibility index (Phi) is 4.18. The lowest BCUT2D eigenvalue weighted by atomic mass is 10.1. The zero-order valence-electron chi connectivity index (χ0n) is 10.9. The largest absolute Gasteiger partial charge is 0.490 e. The predicted molar refractivity (Wildman–Crippen MR) is 75.8 cm³/mol. The van der Waals surface area contributed by atoms with Crippen LogP contribution in [0.4, 0.5) is 0 Å². The van der Waals surface area contributed by atoms with E-state index in [0.29, 0.717) is 0 Å². The van der Waals surface area contributed by atoms with Crippen LogP contribution in [0.5, 0.6) is 5.75 Å². The fourth-order valence-corrected chi connectivity index (χ4v) is 1.91. The van der Waals surface area contributed by atoms with Crippen molar-refractivity contribution in [1.29, 1.82) is 0 Å². The van der Waals surface area contributed by atoms with Crippen molar-refractivity contribution in [1.82, 2.24) is 0 Å². The van der Waals surface area contributed by atoms with Gasteiger partial charge in [0, 0.05) is 0 Å². The van der Waals surface area contributed by atoms with Gasteiger partial charge in [0.1, 0.15) is 11.9 Å². The molecule has 0 spiro atoms. The number of hydrogen-bond acceptors (Lipinski definition) is 2. The molecule has 0 aliphatic heterocycles. The zero-order chi connectivity index (χ0) is 13.7. The zero-order valence-corrected chi connectivity index (χ0v) is 10.9. The van der Waals surface area contributed by atoms with E-state index < -0.39 is 0 Å². The first-order valence-corrected chi connectivity index (χ1v) is 6.25. The van der Waals surface area contributed by atoms with E-state index in [2.05, 4.69) is 12.1 Å². The van der Waals surface area contributed by atoms with Gasteiger partial charge in [0.2, 0.25) is 5.91 Å². The molecule has 0 fully saturated rings. The average Bonchev–Trinajstić information content (AvgIpc) is 2.39. The minimum atomic E-state index is -0.353. The van der Waals surface area contributed by atoms with E-state index in [9.17, 15) is 4.79 Å². The van der Waals surface area contributed by atoms with Crippen LogP contribution in [-0.2, 0) is 4.79 Å². The molecular weight excluding hydrogens is 238 g/mol. The Morgan fingerprint density at radius 1 is 1.05 bits per heavy atom. The molecule has 3 heteroatoms. The fraction of sp³-hybridized carbons (Fsp3) is 0.188. The number of carbonyl (C=O) groups excluding carboxylic acids is 1. The summed E-state index contributed by atoms with van der Waals surface area (Å²) in [5.41, 5.74) is 7.43. The molecule has 2 aromatic carbocycles. The first kappa shape index (κ1) is 13.1. The van der Waals surface area contributed by atoms with Crippen LogP contribution in [0.25, 0.3) is 11.1 Å². The summed E-state index contributed by atoms with van der Waals surface area (Å²) >= 11 is 0. The molecule has 98 valence electrons. The van der Waals surface area contributed by atoms with Crippen LogP contribution in [0.3, 0.4) is 0 Å². The van der Waals surface area contributed by atoms with Gasteiger partial charge in [-0.1, -0.05) is 42.5 Å². The monoisotopic (exact) mass is 255 g/mol. The molecule has 0 bridgehead atoms. The van der Waals surface area contributed by atoms with Crippen LogP contribution in [0.1, 0.15) is 13.3 Å². The van der Waals surface area contributed by atoms with Crippen molar-refractivity contribution >= 4 is 5.91 Å². The highest BCUT2D eigenvalue weighted by atomic mass is 16.5. The average molecular weight is 255 g/mol. The molecule has 1 atom stereocenters. The highest BCUT2D eigenvalue weighted by Crippen LogP contribution is 2.22. The first-order valence-electron chi connectivity index (χ1n) is 6.25. The maximum absolute atomic E-state index is 10.8. The number of carbonyl (C=O) groups is 1. The molecule has 0 aliphatic rings. The second kappa shape index (κ2) is 6.05. The highest BCUT2D eigenvalue weighted by molar-refractivity contribution is 5.74. The third kappa shape index (κ3) is 3.85. The molecule has 1 unspecified atom stereocenters. The molecule has 0 saturated carbocycles. The SMILES string of the molecule is CC(CC(N)=O)Oc1ccc(-c2ccccc2)cc1. The third-order valence-electron chi connectivity index (χ3n) is 2.79. The highest BCUT2D eigenvalue weighted by Gasteiger charge is 2.07. The van der Waals surface area contributed by atoms with Gasteiger partial charge in [0.25, 0.3) is 0 Å². The van der Waals surface area contributed by atoms with Crippen molar-refractivity contribution in [2.24, 2.45) is 5.73 Å². The summed E-state index contributed by atoms with van der Waals surface area (Å²) in [6.07, 6.45) is 0.0144. The number of hydrogen-bond donors (Lipinski definition) is 1. The quantitative estimate of drug-likeness (QED) is 0.893. The number of ether oxygens (including phenoxy) is 1. The molecule has 2 aromatic rings. The van der Waals surface area contributed by atoms with Crippen LogP contribution in [0.2, 0.25) is 0 Å². The van der Waals surface area contributed by atoms with Gasteiger partial charge < -0.3 is 10.5 Å². The number of rotatable bonds is 5. The maximum atomic E-state index is 10.8. The van der Waals surface area contributed by atoms with E-state index in [4.69, 9.17) is 10.5 Å². The number of nitrogens with two attached hydrogens (primary N) is 1. The molecular formula is C16H17NO2. The normalized spacial score (nSPS) is 11.8. The van der Waals surface area contributed by atoms with Crippen molar-refractivity contribution < 1.29 is 9.53 Å². The van der Waals surface area contributed by atoms with Crippen LogP contribution in [0, 0.1) is 0 Å². The predicted octanol–water partition coefficient (Wildman–Crippen LogP) is 3.00. The Bertz CT molecular complexity index is 534. The van der Waals surface area contributed by atoms with Crippen molar-refractivity contribution in [3.05, 3.63) is 54.6 Å². The number of amides is 1. The Morgan fingerprint density at radius 3 is 2.21 bits per heavy atom. The van der Waals surface area contributed by atoms with Crippen molar-refractivity contribution in [3.8, 4) is 16.9 Å². The minimum Gasteiger partial charge on any atom is -0.490 e. The summed E-state index contributed by atoms with van der Waals surface area (Å²) in [6, 6.07) is 17.9. The van der Waals surface area contributed by atoms with Crippen molar-refractivity contribution in [2.45, 2.75) is 19.4 Å². The van der Waals surface area contributed by atoms with E-state index in [0.717, 1.165) is 11.3 Å². The summed E-state index contributed by atoms with van der Waals surface area (Å²) in [5, 5.41) is 0. The van der Waals surface area contributed by atoms with Gasteiger partial charge in [0.05, 0.1) is 6.42 Å². The maximum Gasteiger partial charge on any atom is 0.221 e. The minimum absolute atomic E-state index is 0.208. The van der Waals surface area contributed by atoms with Crippen LogP contribution < -0.4 is 10.5 Å². The van der Waals surface area contributed by atoms with E-state index in [1.807, 2.05) is 49.4 Å². The lowest BCUT2D eigenvalue weighted by Gasteiger charge is -2.13. The van der Waals surface area contributed by atoms with E-state index >= 15 is 0 Å². The van der Waals surface area contributed by atoms with Gasteiger partial charge in [-0.3, -0.25) is 4.79 Å². The van der Waals surface area contributed by atoms with E-state index in [1.54, 1.807) is 0 Å². The second-order valence-corrected chi connectivity index (χ2v) is 4.49. The Balaban J connectivity index is 2.05. The molecule has 0 heterocycles. The first-order chi connectivity index (χ1) is 9.15. The molecule has 3 nitrogen and oxygen atoms in total. The molecule has 2 rings (SSSR count). The van der Waals surface area contributed by atoms with Crippen LogP contribution >= 0.6 is 0 Å². The van der Waals surface area contributed by atoms with Gasteiger partial charge >= 0.3 is 0 Å². The lowest BCUT2D eigenvalue weighted by molar-refractivity contribution is -0.119. The summed E-state index contributed by atoms with van der Waals surface area (Å²) < 4.78 is 5.62. The number of primary amides is 1. The molecule has 0 saturated heterocycles. The summed E-state index contributed by atoms with van der Waals surface area (Å²) in [4.78, 5) is 10.8. The van der Waals surface area contributed by atoms with E-state index in [-0.39, 0.29) is 18.4 Å². The smallest absolute Gasteiger partial charge is 0.221 e. The lowest BCUT2D eigenvalue weighted by Crippen LogP contribution is -2.22. The molecule has 0 aromatic heterocycles. The van der Waals surface area contributed by atoms with Gasteiger partial charge in [-0.2, -0.15) is 0 Å². The Labute approximate surface area is 113 Å². The van der Waals surface area contributed by atoms with Gasteiger partial charge in [-0.25, -0.2) is 0 Å². The van der Waals surface area contributed by atoms with E-state index in [1.165, 1.54) is 5.56 Å². The third-order valence-corrected chi connectivity index (χ3v) is 2.79. The molecule has 1 amide bonds. The van der Waals surface area contributed by atoms with Crippen molar-refractivity contribution in [3.63, 3.8) is 0 Å². The second-order valence-electron chi connectivity index (χ2n) is 4.49.